The zero-order valence-electron chi connectivity index (χ0n) is 9.14. The summed E-state index contributed by atoms with van der Waals surface area (Å²) in [6, 6.07) is 0. The summed E-state index contributed by atoms with van der Waals surface area (Å²) in [6.45, 7) is 5.09. The monoisotopic (exact) mass is 198 g/mol. The van der Waals surface area contributed by atoms with Gasteiger partial charge in [0, 0.05) is 13.0 Å². The maximum Gasteiger partial charge on any atom is 0.220 e. The molecule has 1 aliphatic rings. The number of hydrogen-bond acceptors (Lipinski definition) is 2. The zero-order chi connectivity index (χ0) is 10.2. The molecular weight excluding hydrogens is 176 g/mol. The minimum absolute atomic E-state index is 0.230. The molecule has 14 heavy (non-hydrogen) atoms. The quantitative estimate of drug-likeness (QED) is 0.605. The number of carbonyl (C=O) groups is 1. The predicted octanol–water partition coefficient (Wildman–Crippen LogP) is 1.29. The van der Waals surface area contributed by atoms with E-state index in [-0.39, 0.29) is 5.91 Å². The first-order valence-electron chi connectivity index (χ1n) is 5.80. The van der Waals surface area contributed by atoms with Crippen LogP contribution in [0.15, 0.2) is 0 Å². The number of carbonyl (C=O) groups excluding carboxylic acids is 1. The molecule has 0 atom stereocenters. The molecule has 1 saturated heterocycles. The summed E-state index contributed by atoms with van der Waals surface area (Å²) in [6.07, 6.45) is 5.61. The minimum atomic E-state index is 0.230. The van der Waals surface area contributed by atoms with E-state index in [1.165, 1.54) is 19.3 Å². The lowest BCUT2D eigenvalue weighted by atomic mass is 9.99. The highest BCUT2D eigenvalue weighted by Crippen LogP contribution is 2.07. The van der Waals surface area contributed by atoms with Crippen LogP contribution in [0.1, 0.15) is 39.0 Å². The van der Waals surface area contributed by atoms with Gasteiger partial charge in [-0.05, 0) is 25.4 Å². The summed E-state index contributed by atoms with van der Waals surface area (Å²) in [5.74, 6) is 0.818. The Kier molecular flexibility index (Phi) is 5.60. The van der Waals surface area contributed by atoms with Gasteiger partial charge in [-0.2, -0.15) is 0 Å². The Bertz CT molecular complexity index is 167. The Balaban J connectivity index is 1.87. The average Bonchev–Trinajstić information content (AvgIpc) is 2.11. The van der Waals surface area contributed by atoms with Gasteiger partial charge in [-0.15, -0.1) is 0 Å². The number of unbranched alkanes of at least 4 members (excludes halogenated alkanes) is 3. The second kappa shape index (κ2) is 6.82. The molecule has 0 unspecified atom stereocenters. The first kappa shape index (κ1) is 11.5. The number of hydrogen-bond donors (Lipinski definition) is 2. The predicted molar refractivity (Wildman–Crippen MR) is 58.1 cm³/mol. The van der Waals surface area contributed by atoms with Gasteiger partial charge in [0.15, 0.2) is 0 Å². The molecular formula is C11H22N2O. The molecule has 82 valence electrons. The molecule has 0 aromatic rings. The molecule has 2 N–H and O–H groups in total. The summed E-state index contributed by atoms with van der Waals surface area (Å²) in [7, 11) is 0. The molecule has 1 amide bonds. The van der Waals surface area contributed by atoms with Crippen molar-refractivity contribution >= 4 is 5.91 Å². The normalized spacial score (nSPS) is 16.4. The van der Waals surface area contributed by atoms with Gasteiger partial charge in [0.1, 0.15) is 0 Å². The van der Waals surface area contributed by atoms with Gasteiger partial charge < -0.3 is 10.6 Å². The van der Waals surface area contributed by atoms with Gasteiger partial charge in [0.2, 0.25) is 5.91 Å². The van der Waals surface area contributed by atoms with Crippen LogP contribution in [-0.4, -0.2) is 25.5 Å². The zero-order valence-corrected chi connectivity index (χ0v) is 9.14. The van der Waals surface area contributed by atoms with Crippen LogP contribution in [0.5, 0.6) is 0 Å². The van der Waals surface area contributed by atoms with Crippen molar-refractivity contribution in [2.45, 2.75) is 39.0 Å². The molecule has 0 aliphatic carbocycles. The van der Waals surface area contributed by atoms with Crippen LogP contribution in [0.4, 0.5) is 0 Å². The Morgan fingerprint density at radius 2 is 2.14 bits per heavy atom. The molecule has 0 radical (unpaired) electrons. The van der Waals surface area contributed by atoms with Crippen LogP contribution in [0.2, 0.25) is 0 Å². The van der Waals surface area contributed by atoms with Crippen LogP contribution in [0, 0.1) is 5.92 Å². The third-order valence-electron chi connectivity index (χ3n) is 2.69. The molecule has 1 rings (SSSR count). The lowest BCUT2D eigenvalue weighted by Gasteiger charge is -2.26. The highest BCUT2D eigenvalue weighted by Gasteiger charge is 2.19. The molecule has 0 saturated carbocycles. The fraction of sp³-hybridized carbons (Fsp3) is 0.909. The molecule has 0 bridgehead atoms. The molecule has 1 heterocycles. The van der Waals surface area contributed by atoms with E-state index in [0.717, 1.165) is 26.1 Å². The first-order valence-corrected chi connectivity index (χ1v) is 5.80. The number of nitrogens with one attached hydrogen (secondary N) is 2. The fourth-order valence-electron chi connectivity index (χ4n) is 1.61. The minimum Gasteiger partial charge on any atom is -0.356 e. The number of rotatable bonds is 7. The van der Waals surface area contributed by atoms with Crippen molar-refractivity contribution in [2.24, 2.45) is 5.92 Å². The molecule has 0 spiro atoms. The van der Waals surface area contributed by atoms with E-state index in [1.807, 2.05) is 0 Å². The molecule has 1 fully saturated rings. The van der Waals surface area contributed by atoms with E-state index < -0.39 is 0 Å². The third kappa shape index (κ3) is 4.61. The van der Waals surface area contributed by atoms with Crippen molar-refractivity contribution in [1.82, 2.24) is 10.6 Å². The van der Waals surface area contributed by atoms with E-state index in [1.54, 1.807) is 0 Å². The van der Waals surface area contributed by atoms with E-state index in [2.05, 4.69) is 17.6 Å². The summed E-state index contributed by atoms with van der Waals surface area (Å²) in [5, 5.41) is 6.14. The first-order chi connectivity index (χ1) is 6.83. The Morgan fingerprint density at radius 1 is 1.36 bits per heavy atom. The standard InChI is InChI=1S/C11H22N2O/c1-2-3-4-5-6-13-11(14)7-10-8-12-9-10/h10,12H,2-9H2,1H3,(H,13,14). The van der Waals surface area contributed by atoms with E-state index in [4.69, 9.17) is 0 Å². The topological polar surface area (TPSA) is 41.1 Å². The summed E-state index contributed by atoms with van der Waals surface area (Å²) >= 11 is 0. The van der Waals surface area contributed by atoms with Crippen LogP contribution < -0.4 is 10.6 Å². The molecule has 0 aromatic carbocycles. The highest BCUT2D eigenvalue weighted by atomic mass is 16.1. The molecule has 3 heteroatoms. The van der Waals surface area contributed by atoms with Gasteiger partial charge in [-0.1, -0.05) is 26.2 Å². The van der Waals surface area contributed by atoms with Gasteiger partial charge in [0.05, 0.1) is 0 Å². The average molecular weight is 198 g/mol. The van der Waals surface area contributed by atoms with Crippen molar-refractivity contribution in [3.8, 4) is 0 Å². The lowest BCUT2D eigenvalue weighted by molar-refractivity contribution is -0.122. The van der Waals surface area contributed by atoms with Crippen molar-refractivity contribution < 1.29 is 4.79 Å². The van der Waals surface area contributed by atoms with Gasteiger partial charge in [0.25, 0.3) is 0 Å². The van der Waals surface area contributed by atoms with E-state index in [0.29, 0.717) is 12.3 Å². The van der Waals surface area contributed by atoms with E-state index in [9.17, 15) is 4.79 Å². The smallest absolute Gasteiger partial charge is 0.220 e. The number of amides is 1. The highest BCUT2D eigenvalue weighted by molar-refractivity contribution is 5.76. The van der Waals surface area contributed by atoms with Gasteiger partial charge in [-0.25, -0.2) is 0 Å². The maximum absolute atomic E-state index is 11.3. The SMILES string of the molecule is CCCCCCNC(=O)CC1CNC1. The van der Waals surface area contributed by atoms with Crippen LogP contribution in [-0.2, 0) is 4.79 Å². The van der Waals surface area contributed by atoms with Gasteiger partial charge >= 0.3 is 0 Å². The van der Waals surface area contributed by atoms with Crippen molar-refractivity contribution in [3.05, 3.63) is 0 Å². The van der Waals surface area contributed by atoms with Crippen molar-refractivity contribution in [2.75, 3.05) is 19.6 Å². The third-order valence-corrected chi connectivity index (χ3v) is 2.69. The largest absolute Gasteiger partial charge is 0.356 e. The maximum atomic E-state index is 11.3. The lowest BCUT2D eigenvalue weighted by Crippen LogP contribution is -2.44. The second-order valence-electron chi connectivity index (χ2n) is 4.14. The van der Waals surface area contributed by atoms with Crippen LogP contribution in [0.3, 0.4) is 0 Å². The molecule has 3 nitrogen and oxygen atoms in total. The van der Waals surface area contributed by atoms with Gasteiger partial charge in [-0.3, -0.25) is 4.79 Å². The Morgan fingerprint density at radius 3 is 2.71 bits per heavy atom. The Labute approximate surface area is 86.6 Å². The fourth-order valence-corrected chi connectivity index (χ4v) is 1.61. The van der Waals surface area contributed by atoms with Crippen LogP contribution >= 0.6 is 0 Å². The van der Waals surface area contributed by atoms with Crippen LogP contribution in [0.25, 0.3) is 0 Å². The summed E-state index contributed by atoms with van der Waals surface area (Å²) < 4.78 is 0. The van der Waals surface area contributed by atoms with Crippen molar-refractivity contribution in [1.29, 1.82) is 0 Å². The molecule has 1 aliphatic heterocycles. The van der Waals surface area contributed by atoms with E-state index >= 15 is 0 Å². The second-order valence-corrected chi connectivity index (χ2v) is 4.14. The Hall–Kier alpha value is -0.570. The summed E-state index contributed by atoms with van der Waals surface area (Å²) in [4.78, 5) is 11.3. The molecule has 0 aromatic heterocycles. The summed E-state index contributed by atoms with van der Waals surface area (Å²) in [5.41, 5.74) is 0. The van der Waals surface area contributed by atoms with Crippen molar-refractivity contribution in [3.63, 3.8) is 0 Å².